The van der Waals surface area contributed by atoms with E-state index in [2.05, 4.69) is 0 Å². The standard InChI is InChI=1S/C8H8ClFN2O/c9-4-2-1-3-5(10)6(4)7(11)8(12)13/h1-3,7H,11H2,(H2,12,13)/t7-/m1/s1. The SMILES string of the molecule is NC(=O)[C@H](N)c1c(F)cccc1Cl. The van der Waals surface area contributed by atoms with Crippen LogP contribution >= 0.6 is 11.6 Å². The Hall–Kier alpha value is -1.13. The van der Waals surface area contributed by atoms with Crippen molar-refractivity contribution in [2.45, 2.75) is 6.04 Å². The first-order valence-corrected chi connectivity index (χ1v) is 3.90. The second kappa shape index (κ2) is 3.72. The van der Waals surface area contributed by atoms with E-state index in [0.29, 0.717) is 0 Å². The van der Waals surface area contributed by atoms with Gasteiger partial charge in [0.2, 0.25) is 5.91 Å². The molecule has 0 bridgehead atoms. The van der Waals surface area contributed by atoms with Gasteiger partial charge in [0.15, 0.2) is 0 Å². The second-order valence-electron chi connectivity index (χ2n) is 2.52. The number of carbonyl (C=O) groups excluding carboxylic acids is 1. The van der Waals surface area contributed by atoms with Gasteiger partial charge in [0, 0.05) is 10.6 Å². The minimum absolute atomic E-state index is 0.0586. The fourth-order valence-corrected chi connectivity index (χ4v) is 1.23. The first-order chi connectivity index (χ1) is 6.04. The number of hydrogen-bond donors (Lipinski definition) is 2. The maximum atomic E-state index is 13.1. The van der Waals surface area contributed by atoms with Gasteiger partial charge in [0.05, 0.1) is 0 Å². The Morgan fingerprint density at radius 3 is 2.62 bits per heavy atom. The number of nitrogens with two attached hydrogens (primary N) is 2. The Morgan fingerprint density at radius 1 is 1.54 bits per heavy atom. The second-order valence-corrected chi connectivity index (χ2v) is 2.92. The normalized spacial score (nSPS) is 12.5. The zero-order chi connectivity index (χ0) is 10.0. The highest BCUT2D eigenvalue weighted by Crippen LogP contribution is 2.23. The van der Waals surface area contributed by atoms with Gasteiger partial charge in [-0.2, -0.15) is 0 Å². The van der Waals surface area contributed by atoms with Gasteiger partial charge >= 0.3 is 0 Å². The molecule has 4 N–H and O–H groups in total. The molecular formula is C8H8ClFN2O. The zero-order valence-corrected chi connectivity index (χ0v) is 7.38. The predicted octanol–water partition coefficient (Wildman–Crippen LogP) is 0.964. The van der Waals surface area contributed by atoms with E-state index in [1.165, 1.54) is 18.2 Å². The molecule has 1 aromatic carbocycles. The molecule has 0 aliphatic carbocycles. The molecular weight excluding hydrogens is 195 g/mol. The average molecular weight is 203 g/mol. The average Bonchev–Trinajstić information content (AvgIpc) is 2.03. The minimum Gasteiger partial charge on any atom is -0.368 e. The molecule has 13 heavy (non-hydrogen) atoms. The Labute approximate surface area is 79.5 Å². The predicted molar refractivity (Wildman–Crippen MR) is 47.5 cm³/mol. The third kappa shape index (κ3) is 1.96. The van der Waals surface area contributed by atoms with Gasteiger partial charge in [-0.25, -0.2) is 4.39 Å². The first-order valence-electron chi connectivity index (χ1n) is 3.53. The van der Waals surface area contributed by atoms with E-state index < -0.39 is 17.8 Å². The van der Waals surface area contributed by atoms with Gasteiger partial charge in [-0.05, 0) is 12.1 Å². The van der Waals surface area contributed by atoms with E-state index in [1.807, 2.05) is 0 Å². The van der Waals surface area contributed by atoms with Crippen LogP contribution in [0.3, 0.4) is 0 Å². The Balaban J connectivity index is 3.20. The van der Waals surface area contributed by atoms with Crippen molar-refractivity contribution in [1.29, 1.82) is 0 Å². The van der Waals surface area contributed by atoms with Gasteiger partial charge in [-0.3, -0.25) is 4.79 Å². The molecule has 0 saturated carbocycles. The number of amides is 1. The summed E-state index contributed by atoms with van der Waals surface area (Å²) in [4.78, 5) is 10.7. The summed E-state index contributed by atoms with van der Waals surface area (Å²) in [5.74, 6) is -1.44. The molecule has 1 aromatic rings. The monoisotopic (exact) mass is 202 g/mol. The molecule has 0 fully saturated rings. The fourth-order valence-electron chi connectivity index (χ4n) is 0.950. The number of halogens is 2. The highest BCUT2D eigenvalue weighted by molar-refractivity contribution is 6.31. The Kier molecular flexibility index (Phi) is 2.85. The molecule has 0 aromatic heterocycles. The molecule has 1 atom stereocenters. The fraction of sp³-hybridized carbons (Fsp3) is 0.125. The van der Waals surface area contributed by atoms with Crippen molar-refractivity contribution in [1.82, 2.24) is 0 Å². The van der Waals surface area contributed by atoms with Crippen molar-refractivity contribution in [3.05, 3.63) is 34.6 Å². The molecule has 0 aliphatic rings. The first kappa shape index (κ1) is 9.95. The molecule has 70 valence electrons. The van der Waals surface area contributed by atoms with Crippen LogP contribution in [0.15, 0.2) is 18.2 Å². The van der Waals surface area contributed by atoms with E-state index in [0.717, 1.165) is 0 Å². The van der Waals surface area contributed by atoms with E-state index in [4.69, 9.17) is 23.1 Å². The summed E-state index contributed by atoms with van der Waals surface area (Å²) in [6.45, 7) is 0. The topological polar surface area (TPSA) is 69.1 Å². The quantitative estimate of drug-likeness (QED) is 0.750. The summed E-state index contributed by atoms with van der Waals surface area (Å²) in [5, 5.41) is 0.103. The van der Waals surface area contributed by atoms with Crippen molar-refractivity contribution in [2.24, 2.45) is 11.5 Å². The van der Waals surface area contributed by atoms with Crippen LogP contribution in [0.1, 0.15) is 11.6 Å². The van der Waals surface area contributed by atoms with E-state index in [9.17, 15) is 9.18 Å². The van der Waals surface area contributed by atoms with Crippen LogP contribution < -0.4 is 11.5 Å². The van der Waals surface area contributed by atoms with E-state index >= 15 is 0 Å². The van der Waals surface area contributed by atoms with Crippen LogP contribution in [-0.4, -0.2) is 5.91 Å². The van der Waals surface area contributed by atoms with Crippen molar-refractivity contribution >= 4 is 17.5 Å². The summed E-state index contributed by atoms with van der Waals surface area (Å²) in [7, 11) is 0. The van der Waals surface area contributed by atoms with Crippen molar-refractivity contribution < 1.29 is 9.18 Å². The smallest absolute Gasteiger partial charge is 0.239 e. The van der Waals surface area contributed by atoms with Gasteiger partial charge in [-0.1, -0.05) is 17.7 Å². The van der Waals surface area contributed by atoms with Crippen LogP contribution in [0.25, 0.3) is 0 Å². The van der Waals surface area contributed by atoms with Crippen LogP contribution in [0.5, 0.6) is 0 Å². The van der Waals surface area contributed by atoms with Crippen LogP contribution in [-0.2, 0) is 4.79 Å². The van der Waals surface area contributed by atoms with Crippen molar-refractivity contribution in [3.8, 4) is 0 Å². The summed E-state index contributed by atoms with van der Waals surface area (Å²) in [6.07, 6.45) is 0. The van der Waals surface area contributed by atoms with E-state index in [-0.39, 0.29) is 10.6 Å². The molecule has 0 saturated heterocycles. The molecule has 3 nitrogen and oxygen atoms in total. The van der Waals surface area contributed by atoms with Crippen LogP contribution in [0, 0.1) is 5.82 Å². The Morgan fingerprint density at radius 2 is 2.15 bits per heavy atom. The van der Waals surface area contributed by atoms with Gasteiger partial charge < -0.3 is 11.5 Å². The molecule has 1 rings (SSSR count). The zero-order valence-electron chi connectivity index (χ0n) is 6.63. The lowest BCUT2D eigenvalue weighted by molar-refractivity contribution is -0.119. The largest absolute Gasteiger partial charge is 0.368 e. The highest BCUT2D eigenvalue weighted by atomic mass is 35.5. The van der Waals surface area contributed by atoms with Gasteiger partial charge in [-0.15, -0.1) is 0 Å². The maximum Gasteiger partial charge on any atom is 0.239 e. The van der Waals surface area contributed by atoms with Crippen LogP contribution in [0.2, 0.25) is 5.02 Å². The molecule has 0 heterocycles. The minimum atomic E-state index is -1.20. The van der Waals surface area contributed by atoms with Crippen LogP contribution in [0.4, 0.5) is 4.39 Å². The number of benzene rings is 1. The number of primary amides is 1. The summed E-state index contributed by atoms with van der Waals surface area (Å²) in [5.41, 5.74) is 10.2. The molecule has 5 heteroatoms. The molecule has 0 aliphatic heterocycles. The van der Waals surface area contributed by atoms with E-state index in [1.54, 1.807) is 0 Å². The molecule has 0 unspecified atom stereocenters. The van der Waals surface area contributed by atoms with Crippen molar-refractivity contribution in [3.63, 3.8) is 0 Å². The lowest BCUT2D eigenvalue weighted by atomic mass is 10.1. The molecule has 0 radical (unpaired) electrons. The Bertz CT molecular complexity index is 323. The summed E-state index contributed by atoms with van der Waals surface area (Å²) < 4.78 is 13.1. The third-order valence-corrected chi connectivity index (χ3v) is 1.95. The number of hydrogen-bond acceptors (Lipinski definition) is 2. The molecule has 1 amide bonds. The van der Waals surface area contributed by atoms with Gasteiger partial charge in [0.25, 0.3) is 0 Å². The number of carbonyl (C=O) groups is 1. The lowest BCUT2D eigenvalue weighted by Crippen LogP contribution is -2.29. The summed E-state index contributed by atoms with van der Waals surface area (Å²) >= 11 is 5.64. The molecule has 0 spiro atoms. The third-order valence-electron chi connectivity index (χ3n) is 1.62. The highest BCUT2D eigenvalue weighted by Gasteiger charge is 2.19. The summed E-state index contributed by atoms with van der Waals surface area (Å²) in [6, 6.07) is 2.84. The van der Waals surface area contributed by atoms with Gasteiger partial charge in [0.1, 0.15) is 11.9 Å². The lowest BCUT2D eigenvalue weighted by Gasteiger charge is -2.10. The van der Waals surface area contributed by atoms with Crippen molar-refractivity contribution in [2.75, 3.05) is 0 Å². The number of rotatable bonds is 2. The maximum absolute atomic E-state index is 13.1.